The number of amides is 1. The summed E-state index contributed by atoms with van der Waals surface area (Å²) in [6.07, 6.45) is 0.365. The van der Waals surface area contributed by atoms with Gasteiger partial charge in [0.05, 0.1) is 19.2 Å². The van der Waals surface area contributed by atoms with Crippen LogP contribution in [-0.2, 0) is 4.79 Å². The van der Waals surface area contributed by atoms with Gasteiger partial charge in [-0.3, -0.25) is 4.79 Å². The van der Waals surface area contributed by atoms with Gasteiger partial charge in [-0.25, -0.2) is 5.01 Å². The first-order valence-corrected chi connectivity index (χ1v) is 4.69. The molecule has 0 fully saturated rings. The second-order valence-corrected chi connectivity index (χ2v) is 3.37. The average molecular weight is 204 g/mol. The molecule has 78 valence electrons. The number of benzene rings is 1. The van der Waals surface area contributed by atoms with Crippen molar-refractivity contribution in [3.05, 3.63) is 29.8 Å². The minimum atomic E-state index is 0.0211. The van der Waals surface area contributed by atoms with Gasteiger partial charge in [0.25, 0.3) is 0 Å². The zero-order valence-corrected chi connectivity index (χ0v) is 8.73. The Balaban J connectivity index is 2.31. The summed E-state index contributed by atoms with van der Waals surface area (Å²) in [5.74, 6) is 0.796. The van der Waals surface area contributed by atoms with Gasteiger partial charge in [-0.1, -0.05) is 12.1 Å². The lowest BCUT2D eigenvalue weighted by Crippen LogP contribution is -2.14. The van der Waals surface area contributed by atoms with Gasteiger partial charge in [0.1, 0.15) is 5.75 Å². The van der Waals surface area contributed by atoms with Crippen molar-refractivity contribution in [1.29, 1.82) is 0 Å². The summed E-state index contributed by atoms with van der Waals surface area (Å²) in [4.78, 5) is 11.3. The smallest absolute Gasteiger partial charge is 0.248 e. The lowest BCUT2D eigenvalue weighted by molar-refractivity contribution is -0.127. The molecule has 4 heteroatoms. The van der Waals surface area contributed by atoms with Crippen molar-refractivity contribution < 1.29 is 9.53 Å². The van der Waals surface area contributed by atoms with E-state index in [-0.39, 0.29) is 5.91 Å². The fraction of sp³-hybridized carbons (Fsp3) is 0.273. The Morgan fingerprint density at radius 3 is 2.87 bits per heavy atom. The summed E-state index contributed by atoms with van der Waals surface area (Å²) >= 11 is 0. The van der Waals surface area contributed by atoms with E-state index >= 15 is 0 Å². The molecule has 0 saturated heterocycles. The topological polar surface area (TPSA) is 41.9 Å². The molecule has 1 heterocycles. The van der Waals surface area contributed by atoms with Crippen LogP contribution in [0.25, 0.3) is 0 Å². The maximum atomic E-state index is 11.3. The number of hydrogen-bond acceptors (Lipinski definition) is 3. The number of carbonyl (C=O) groups is 1. The molecule has 2 rings (SSSR count). The fourth-order valence-corrected chi connectivity index (χ4v) is 1.49. The van der Waals surface area contributed by atoms with Gasteiger partial charge in [-0.15, -0.1) is 0 Å². The van der Waals surface area contributed by atoms with E-state index in [9.17, 15) is 4.79 Å². The van der Waals surface area contributed by atoms with Gasteiger partial charge < -0.3 is 4.74 Å². The van der Waals surface area contributed by atoms with Gasteiger partial charge in [-0.05, 0) is 12.1 Å². The standard InChI is InChI=1S/C11H12N2O2/c1-13-11(14)7-10(12-13)8-4-3-5-9(6-8)15-2/h3-6H,7H2,1-2H3. The van der Waals surface area contributed by atoms with E-state index in [1.54, 1.807) is 14.2 Å². The highest BCUT2D eigenvalue weighted by Gasteiger charge is 2.21. The molecule has 0 spiro atoms. The van der Waals surface area contributed by atoms with Gasteiger partial charge in [0.15, 0.2) is 0 Å². The number of hydrogen-bond donors (Lipinski definition) is 0. The lowest BCUT2D eigenvalue weighted by Gasteiger charge is -2.02. The third-order valence-corrected chi connectivity index (χ3v) is 2.35. The van der Waals surface area contributed by atoms with E-state index in [0.29, 0.717) is 6.42 Å². The quantitative estimate of drug-likeness (QED) is 0.727. The zero-order valence-electron chi connectivity index (χ0n) is 8.73. The molecule has 0 saturated carbocycles. The van der Waals surface area contributed by atoms with Crippen LogP contribution < -0.4 is 4.74 Å². The van der Waals surface area contributed by atoms with E-state index in [1.165, 1.54) is 5.01 Å². The SMILES string of the molecule is COc1cccc(C2=NN(C)C(=O)C2)c1. The van der Waals surface area contributed by atoms with E-state index < -0.39 is 0 Å². The summed E-state index contributed by atoms with van der Waals surface area (Å²) in [6.45, 7) is 0. The van der Waals surface area contributed by atoms with Crippen LogP contribution in [0.1, 0.15) is 12.0 Å². The highest BCUT2D eigenvalue weighted by atomic mass is 16.5. The maximum Gasteiger partial charge on any atom is 0.248 e. The van der Waals surface area contributed by atoms with Crippen molar-refractivity contribution in [3.8, 4) is 5.75 Å². The molecule has 0 radical (unpaired) electrons. The number of methoxy groups -OCH3 is 1. The van der Waals surface area contributed by atoms with Crippen LogP contribution in [0.15, 0.2) is 29.4 Å². The first kappa shape index (κ1) is 9.71. The molecule has 0 aromatic heterocycles. The molecule has 1 aromatic carbocycles. The number of ether oxygens (including phenoxy) is 1. The van der Waals surface area contributed by atoms with Crippen molar-refractivity contribution in [2.24, 2.45) is 5.10 Å². The van der Waals surface area contributed by atoms with Crippen molar-refractivity contribution in [3.63, 3.8) is 0 Å². The normalized spacial score (nSPS) is 15.5. The lowest BCUT2D eigenvalue weighted by atomic mass is 10.1. The minimum absolute atomic E-state index is 0.0211. The molecular formula is C11H12N2O2. The molecule has 0 unspecified atom stereocenters. The summed E-state index contributed by atoms with van der Waals surface area (Å²) in [5.41, 5.74) is 1.73. The van der Waals surface area contributed by atoms with Crippen molar-refractivity contribution in [2.45, 2.75) is 6.42 Å². The predicted molar refractivity (Wildman–Crippen MR) is 56.9 cm³/mol. The number of nitrogens with zero attached hydrogens (tertiary/aromatic N) is 2. The van der Waals surface area contributed by atoms with E-state index in [1.807, 2.05) is 24.3 Å². The second kappa shape index (κ2) is 3.73. The molecule has 15 heavy (non-hydrogen) atoms. The molecule has 1 aromatic rings. The molecule has 0 bridgehead atoms. The third-order valence-electron chi connectivity index (χ3n) is 2.35. The van der Waals surface area contributed by atoms with E-state index in [0.717, 1.165) is 17.0 Å². The largest absolute Gasteiger partial charge is 0.497 e. The number of hydrazone groups is 1. The van der Waals surface area contributed by atoms with Crippen LogP contribution in [0.5, 0.6) is 5.75 Å². The summed E-state index contributed by atoms with van der Waals surface area (Å²) in [7, 11) is 3.28. The second-order valence-electron chi connectivity index (χ2n) is 3.37. The molecule has 1 aliphatic heterocycles. The number of rotatable bonds is 2. The first-order valence-electron chi connectivity index (χ1n) is 4.69. The molecule has 0 aliphatic carbocycles. The summed E-state index contributed by atoms with van der Waals surface area (Å²) in [5, 5.41) is 5.53. The van der Waals surface area contributed by atoms with Crippen LogP contribution in [0.4, 0.5) is 0 Å². The Kier molecular flexibility index (Phi) is 2.41. The first-order chi connectivity index (χ1) is 7.20. The summed E-state index contributed by atoms with van der Waals surface area (Å²) in [6, 6.07) is 7.56. The van der Waals surface area contributed by atoms with Crippen LogP contribution in [0.2, 0.25) is 0 Å². The monoisotopic (exact) mass is 204 g/mol. The number of carbonyl (C=O) groups excluding carboxylic acids is 1. The molecule has 0 N–H and O–H groups in total. The molecule has 1 amide bonds. The highest BCUT2D eigenvalue weighted by molar-refractivity contribution is 6.13. The van der Waals surface area contributed by atoms with E-state index in [4.69, 9.17) is 4.74 Å². The van der Waals surface area contributed by atoms with Crippen LogP contribution >= 0.6 is 0 Å². The van der Waals surface area contributed by atoms with Crippen LogP contribution in [0, 0.1) is 0 Å². The Labute approximate surface area is 88.2 Å². The average Bonchev–Trinajstić information content (AvgIpc) is 2.59. The van der Waals surface area contributed by atoms with Crippen molar-refractivity contribution >= 4 is 11.6 Å². The molecule has 0 atom stereocenters. The van der Waals surface area contributed by atoms with Crippen LogP contribution in [-0.4, -0.2) is 30.8 Å². The fourth-order valence-electron chi connectivity index (χ4n) is 1.49. The molecule has 1 aliphatic rings. The Hall–Kier alpha value is -1.84. The Bertz CT molecular complexity index is 426. The van der Waals surface area contributed by atoms with Gasteiger partial charge >= 0.3 is 0 Å². The van der Waals surface area contributed by atoms with Gasteiger partial charge in [0.2, 0.25) is 5.91 Å². The van der Waals surface area contributed by atoms with Gasteiger partial charge in [0, 0.05) is 12.6 Å². The highest BCUT2D eigenvalue weighted by Crippen LogP contribution is 2.18. The zero-order chi connectivity index (χ0) is 10.8. The van der Waals surface area contributed by atoms with Crippen molar-refractivity contribution in [1.82, 2.24) is 5.01 Å². The Morgan fingerprint density at radius 2 is 2.27 bits per heavy atom. The van der Waals surface area contributed by atoms with E-state index in [2.05, 4.69) is 5.10 Å². The molecular weight excluding hydrogens is 192 g/mol. The minimum Gasteiger partial charge on any atom is -0.497 e. The molecule has 4 nitrogen and oxygen atoms in total. The Morgan fingerprint density at radius 1 is 1.47 bits per heavy atom. The predicted octanol–water partition coefficient (Wildman–Crippen LogP) is 1.26. The van der Waals surface area contributed by atoms with Crippen molar-refractivity contribution in [2.75, 3.05) is 14.2 Å². The van der Waals surface area contributed by atoms with Crippen LogP contribution in [0.3, 0.4) is 0 Å². The van der Waals surface area contributed by atoms with Gasteiger partial charge in [-0.2, -0.15) is 5.10 Å². The summed E-state index contributed by atoms with van der Waals surface area (Å²) < 4.78 is 5.11. The third kappa shape index (κ3) is 1.83. The maximum absolute atomic E-state index is 11.3.